The van der Waals surface area contributed by atoms with Crippen LogP contribution in [0.15, 0.2) is 12.4 Å². The van der Waals surface area contributed by atoms with Gasteiger partial charge in [-0.05, 0) is 6.42 Å². The Balaban J connectivity index is 2.60. The zero-order valence-corrected chi connectivity index (χ0v) is 7.84. The van der Waals surface area contributed by atoms with Crippen LogP contribution in [0.4, 0.5) is 5.82 Å². The Labute approximate surface area is 85.7 Å². The number of carbonyl (C=O) groups is 3. The van der Waals surface area contributed by atoms with Gasteiger partial charge in [0.15, 0.2) is 12.1 Å². The summed E-state index contributed by atoms with van der Waals surface area (Å²) in [4.78, 5) is 38.6. The van der Waals surface area contributed by atoms with E-state index in [1.807, 2.05) is 0 Å². The van der Waals surface area contributed by atoms with Gasteiger partial charge < -0.3 is 5.32 Å². The van der Waals surface area contributed by atoms with Crippen LogP contribution in [0.25, 0.3) is 0 Å². The third-order valence-corrected chi connectivity index (χ3v) is 1.69. The minimum absolute atomic E-state index is 0.112. The summed E-state index contributed by atoms with van der Waals surface area (Å²) in [5, 5.41) is 2.36. The van der Waals surface area contributed by atoms with E-state index in [1.165, 1.54) is 6.33 Å². The third kappa shape index (κ3) is 3.63. The highest BCUT2D eigenvalue weighted by molar-refractivity contribution is 6.24. The lowest BCUT2D eigenvalue weighted by Gasteiger charge is -2.00. The van der Waals surface area contributed by atoms with Crippen LogP contribution in [-0.4, -0.2) is 28.4 Å². The van der Waals surface area contributed by atoms with E-state index in [0.29, 0.717) is 24.3 Å². The Morgan fingerprint density at radius 3 is 2.87 bits per heavy atom. The molecule has 1 amide bonds. The van der Waals surface area contributed by atoms with Crippen LogP contribution in [-0.2, 0) is 20.8 Å². The van der Waals surface area contributed by atoms with Gasteiger partial charge in [0.1, 0.15) is 12.1 Å². The predicted octanol–water partition coefficient (Wildman–Crippen LogP) is -0.255. The first-order valence-corrected chi connectivity index (χ1v) is 4.25. The van der Waals surface area contributed by atoms with E-state index in [2.05, 4.69) is 15.3 Å². The molecule has 0 bridgehead atoms. The summed E-state index contributed by atoms with van der Waals surface area (Å²) >= 11 is 0. The average Bonchev–Trinajstić information content (AvgIpc) is 2.27. The van der Waals surface area contributed by atoms with Crippen molar-refractivity contribution in [2.75, 3.05) is 5.32 Å². The Hall–Kier alpha value is -2.11. The summed E-state index contributed by atoms with van der Waals surface area (Å²) in [5.41, 5.74) is 0.601. The van der Waals surface area contributed by atoms with Crippen LogP contribution < -0.4 is 5.32 Å². The van der Waals surface area contributed by atoms with Gasteiger partial charge in [-0.15, -0.1) is 0 Å². The van der Waals surface area contributed by atoms with Crippen molar-refractivity contribution in [1.82, 2.24) is 9.97 Å². The van der Waals surface area contributed by atoms with Crippen LogP contribution in [0.5, 0.6) is 0 Å². The highest BCUT2D eigenvalue weighted by Crippen LogP contribution is 2.04. The van der Waals surface area contributed by atoms with Crippen molar-refractivity contribution < 1.29 is 14.4 Å². The van der Waals surface area contributed by atoms with Gasteiger partial charge in [0.05, 0.1) is 0 Å². The summed E-state index contributed by atoms with van der Waals surface area (Å²) in [7, 11) is 0. The quantitative estimate of drug-likeness (QED) is 0.513. The number of aryl methyl sites for hydroxylation is 1. The van der Waals surface area contributed by atoms with E-state index in [-0.39, 0.29) is 12.7 Å². The molecule has 15 heavy (non-hydrogen) atoms. The van der Waals surface area contributed by atoms with Crippen LogP contribution in [0, 0.1) is 0 Å². The van der Waals surface area contributed by atoms with E-state index in [4.69, 9.17) is 0 Å². The van der Waals surface area contributed by atoms with Gasteiger partial charge in [0, 0.05) is 18.2 Å². The second-order valence-electron chi connectivity index (χ2n) is 2.74. The first-order valence-electron chi connectivity index (χ1n) is 4.25. The summed E-state index contributed by atoms with van der Waals surface area (Å²) in [6.45, 7) is 0. The minimum Gasteiger partial charge on any atom is -0.313 e. The first kappa shape index (κ1) is 11.0. The Kier molecular flexibility index (Phi) is 4.08. The van der Waals surface area contributed by atoms with Crippen LogP contribution in [0.1, 0.15) is 12.1 Å². The second-order valence-corrected chi connectivity index (χ2v) is 2.74. The zero-order valence-electron chi connectivity index (χ0n) is 7.84. The van der Waals surface area contributed by atoms with E-state index in [1.54, 1.807) is 6.07 Å². The molecule has 1 N–H and O–H groups in total. The lowest BCUT2D eigenvalue weighted by molar-refractivity contribution is -0.129. The molecule has 0 aliphatic heterocycles. The number of anilines is 1. The minimum atomic E-state index is -0.474. The molecule has 0 fully saturated rings. The van der Waals surface area contributed by atoms with Crippen molar-refractivity contribution in [3.05, 3.63) is 18.1 Å². The second kappa shape index (κ2) is 5.58. The molecule has 0 spiro atoms. The number of carbonyl (C=O) groups excluding carboxylic acids is 3. The third-order valence-electron chi connectivity index (χ3n) is 1.69. The predicted molar refractivity (Wildman–Crippen MR) is 51.1 cm³/mol. The highest BCUT2D eigenvalue weighted by atomic mass is 16.2. The molecule has 0 saturated carbocycles. The number of ketones is 1. The molecule has 6 heteroatoms. The van der Waals surface area contributed by atoms with Crippen LogP contribution in [0.3, 0.4) is 0 Å². The number of nitrogens with zero attached hydrogens (tertiary/aromatic N) is 2. The zero-order chi connectivity index (χ0) is 11.1. The molecule has 1 aromatic heterocycles. The number of aromatic nitrogens is 2. The van der Waals surface area contributed by atoms with Gasteiger partial charge in [-0.3, -0.25) is 14.4 Å². The van der Waals surface area contributed by atoms with Gasteiger partial charge >= 0.3 is 0 Å². The molecule has 0 aliphatic rings. The molecule has 0 radical (unpaired) electrons. The van der Waals surface area contributed by atoms with Crippen molar-refractivity contribution in [3.8, 4) is 0 Å². The largest absolute Gasteiger partial charge is 0.313 e. The van der Waals surface area contributed by atoms with Crippen molar-refractivity contribution in [2.45, 2.75) is 12.8 Å². The molecule has 0 saturated heterocycles. The number of rotatable bonds is 6. The highest BCUT2D eigenvalue weighted by Gasteiger charge is 2.02. The van der Waals surface area contributed by atoms with Gasteiger partial charge in [0.25, 0.3) is 0 Å². The molecule has 0 atom stereocenters. The smallest absolute Gasteiger partial charge is 0.212 e. The van der Waals surface area contributed by atoms with Crippen molar-refractivity contribution >= 4 is 24.3 Å². The summed E-state index contributed by atoms with van der Waals surface area (Å²) in [6.07, 6.45) is 2.54. The van der Waals surface area contributed by atoms with Crippen molar-refractivity contribution in [3.63, 3.8) is 0 Å². The number of hydrogen-bond acceptors (Lipinski definition) is 5. The van der Waals surface area contributed by atoms with Crippen molar-refractivity contribution in [2.24, 2.45) is 0 Å². The molecular formula is C9H9N3O3. The van der Waals surface area contributed by atoms with E-state index in [9.17, 15) is 14.4 Å². The van der Waals surface area contributed by atoms with Gasteiger partial charge in [-0.25, -0.2) is 9.97 Å². The maximum Gasteiger partial charge on any atom is 0.212 e. The van der Waals surface area contributed by atoms with E-state index < -0.39 is 5.78 Å². The standard InChI is InChI=1S/C9H9N3O3/c13-4-8(15)2-1-7-3-9(12-6-14)11-5-10-7/h3-6H,1-2H2,(H,10,11,12,14). The SMILES string of the molecule is O=CNc1cc(CCC(=O)C=O)ncn1. The lowest BCUT2D eigenvalue weighted by atomic mass is 10.2. The fourth-order valence-corrected chi connectivity index (χ4v) is 0.984. The molecule has 0 aliphatic carbocycles. The Morgan fingerprint density at radius 2 is 2.20 bits per heavy atom. The molecular weight excluding hydrogens is 198 g/mol. The van der Waals surface area contributed by atoms with Crippen molar-refractivity contribution in [1.29, 1.82) is 0 Å². The molecule has 1 heterocycles. The number of aldehydes is 1. The summed E-state index contributed by atoms with van der Waals surface area (Å²) in [5.74, 6) is -0.105. The topological polar surface area (TPSA) is 89.0 Å². The summed E-state index contributed by atoms with van der Waals surface area (Å²) in [6, 6.07) is 1.55. The molecule has 1 aromatic rings. The monoisotopic (exact) mass is 207 g/mol. The Bertz CT molecular complexity index is 379. The molecule has 78 valence electrons. The molecule has 1 rings (SSSR count). The average molecular weight is 207 g/mol. The molecule has 0 unspecified atom stereocenters. The maximum atomic E-state index is 10.7. The fraction of sp³-hybridized carbons (Fsp3) is 0.222. The summed E-state index contributed by atoms with van der Waals surface area (Å²) < 4.78 is 0. The van der Waals surface area contributed by atoms with E-state index in [0.717, 1.165) is 0 Å². The van der Waals surface area contributed by atoms with Gasteiger partial charge in [-0.1, -0.05) is 0 Å². The first-order chi connectivity index (χ1) is 7.26. The number of Topliss-reactive ketones (excluding diaryl/α,β-unsaturated/α-hetero) is 1. The molecule has 0 aromatic carbocycles. The van der Waals surface area contributed by atoms with E-state index >= 15 is 0 Å². The normalized spacial score (nSPS) is 9.33. The maximum absolute atomic E-state index is 10.7. The Morgan fingerprint density at radius 1 is 1.40 bits per heavy atom. The number of nitrogens with one attached hydrogen (secondary N) is 1. The fourth-order valence-electron chi connectivity index (χ4n) is 0.984. The van der Waals surface area contributed by atoms with Gasteiger partial charge in [0.2, 0.25) is 6.41 Å². The van der Waals surface area contributed by atoms with Gasteiger partial charge in [-0.2, -0.15) is 0 Å². The number of hydrogen-bond donors (Lipinski definition) is 1. The lowest BCUT2D eigenvalue weighted by Crippen LogP contribution is -2.04. The number of amides is 1. The van der Waals surface area contributed by atoms with Crippen LogP contribution >= 0.6 is 0 Å². The van der Waals surface area contributed by atoms with Crippen LogP contribution in [0.2, 0.25) is 0 Å². The molecule has 6 nitrogen and oxygen atoms in total.